The van der Waals surface area contributed by atoms with Gasteiger partial charge in [0.15, 0.2) is 12.4 Å². The molecular weight excluding hydrogens is 1070 g/mol. The Hall–Kier alpha value is -1.71. The molecule has 0 bridgehead atoms. The van der Waals surface area contributed by atoms with E-state index in [1.54, 1.807) is 0 Å². The van der Waals surface area contributed by atoms with Gasteiger partial charge in [-0.3, -0.25) is 9.59 Å². The average Bonchev–Trinajstić information content (AvgIpc) is 3.63. The molecule has 0 N–H and O–H groups in total. The molecule has 0 aromatic rings. The molecule has 2 unspecified atom stereocenters. The smallest absolute Gasteiger partial charge is 0.306 e. The Morgan fingerprint density at radius 3 is 0.744 bits per heavy atom. The minimum Gasteiger partial charge on any atom is -0.545 e. The van der Waals surface area contributed by atoms with Crippen LogP contribution in [0, 0.1) is 0 Å². The largest absolute Gasteiger partial charge is 0.545 e. The van der Waals surface area contributed by atoms with Crippen LogP contribution in [-0.2, 0) is 33.3 Å². The van der Waals surface area contributed by atoms with Gasteiger partial charge in [0.25, 0.3) is 0 Å². The number of carboxylic acid groups (broad SMARTS) is 1. The zero-order valence-electron chi connectivity index (χ0n) is 58.7. The van der Waals surface area contributed by atoms with E-state index in [1.807, 2.05) is 21.1 Å². The van der Waals surface area contributed by atoms with Gasteiger partial charge in [-0.25, -0.2) is 0 Å². The molecule has 0 aromatic carbocycles. The van der Waals surface area contributed by atoms with Gasteiger partial charge in [-0.1, -0.05) is 393 Å². The number of hydrogen-bond acceptors (Lipinski definition) is 8. The molecule has 9 nitrogen and oxygen atoms in total. The maximum absolute atomic E-state index is 13.0. The molecule has 0 aliphatic heterocycles. The number of esters is 2. The molecule has 0 saturated carbocycles. The molecule has 512 valence electrons. The Bertz CT molecular complexity index is 1370. The van der Waals surface area contributed by atoms with E-state index >= 15 is 0 Å². The minimum atomic E-state index is -1.62. The number of rotatable bonds is 74. The van der Waals surface area contributed by atoms with Crippen LogP contribution in [0.15, 0.2) is 0 Å². The summed E-state index contributed by atoms with van der Waals surface area (Å²) in [6.45, 7) is 4.85. The van der Waals surface area contributed by atoms with Crippen LogP contribution in [0.25, 0.3) is 0 Å². The number of likely N-dealkylation sites (N-methyl/N-ethyl adjacent to an activating group) is 1. The summed E-state index contributed by atoms with van der Waals surface area (Å²) in [4.78, 5) is 37.5. The molecule has 0 heterocycles. The van der Waals surface area contributed by atoms with Crippen molar-refractivity contribution in [2.45, 2.75) is 431 Å². The fourth-order valence-corrected chi connectivity index (χ4v) is 12.2. The highest BCUT2D eigenvalue weighted by Crippen LogP contribution is 2.20. The topological polar surface area (TPSA) is 111 Å². The van der Waals surface area contributed by atoms with Crippen LogP contribution in [-0.4, -0.2) is 82.3 Å². The Labute approximate surface area is 536 Å². The standard InChI is InChI=1S/C77H151NO8/c1-6-8-10-12-14-16-18-20-22-24-26-28-30-31-32-33-34-35-36-37-38-39-40-41-42-43-44-46-48-50-52-54-56-58-60-62-64-66-68-75(80)86-73(72-85-77(76(81)82)83-70-69-78(3,4)5)71-84-74(79)67-65-63-61-59-57-55-53-51-49-47-45-29-27-25-23-21-19-17-15-13-11-9-7-2/h73,77H,6-72H2,1-5H3. The van der Waals surface area contributed by atoms with Gasteiger partial charge in [0.2, 0.25) is 0 Å². The number of carbonyl (C=O) groups is 3. The molecule has 0 aliphatic rings. The molecule has 0 aromatic heterocycles. The normalized spacial score (nSPS) is 12.5. The number of aliphatic carboxylic acids is 1. The Morgan fingerprint density at radius 1 is 0.302 bits per heavy atom. The summed E-state index contributed by atoms with van der Waals surface area (Å²) >= 11 is 0. The van der Waals surface area contributed by atoms with Gasteiger partial charge in [-0.15, -0.1) is 0 Å². The highest BCUT2D eigenvalue weighted by Gasteiger charge is 2.22. The first-order valence-electron chi connectivity index (χ1n) is 38.7. The molecule has 0 radical (unpaired) electrons. The van der Waals surface area contributed by atoms with Crippen molar-refractivity contribution in [1.29, 1.82) is 0 Å². The average molecular weight is 1220 g/mol. The van der Waals surface area contributed by atoms with Gasteiger partial charge in [-0.2, -0.15) is 0 Å². The summed E-state index contributed by atoms with van der Waals surface area (Å²) in [6, 6.07) is 0. The van der Waals surface area contributed by atoms with Crippen LogP contribution >= 0.6 is 0 Å². The van der Waals surface area contributed by atoms with Crippen LogP contribution in [0.5, 0.6) is 0 Å². The zero-order chi connectivity index (χ0) is 62.6. The third kappa shape index (κ3) is 69.8. The van der Waals surface area contributed by atoms with Crippen molar-refractivity contribution in [3.63, 3.8) is 0 Å². The molecular formula is C77H151NO8. The van der Waals surface area contributed by atoms with E-state index in [1.165, 1.54) is 353 Å². The maximum Gasteiger partial charge on any atom is 0.306 e. The minimum absolute atomic E-state index is 0.154. The van der Waals surface area contributed by atoms with Crippen molar-refractivity contribution >= 4 is 17.9 Å². The highest BCUT2D eigenvalue weighted by molar-refractivity contribution is 5.70. The second kappa shape index (κ2) is 69.2. The van der Waals surface area contributed by atoms with Crippen molar-refractivity contribution in [2.75, 3.05) is 47.5 Å². The number of carbonyl (C=O) groups excluding carboxylic acids is 3. The Kier molecular flexibility index (Phi) is 67.8. The molecule has 0 aliphatic carbocycles. The van der Waals surface area contributed by atoms with E-state index in [2.05, 4.69) is 13.8 Å². The first-order valence-corrected chi connectivity index (χ1v) is 38.7. The quantitative estimate of drug-likeness (QED) is 0.0256. The lowest BCUT2D eigenvalue weighted by Crippen LogP contribution is -2.44. The monoisotopic (exact) mass is 1220 g/mol. The zero-order valence-corrected chi connectivity index (χ0v) is 58.7. The van der Waals surface area contributed by atoms with Crippen molar-refractivity contribution in [3.8, 4) is 0 Å². The van der Waals surface area contributed by atoms with Crippen molar-refractivity contribution in [3.05, 3.63) is 0 Å². The Morgan fingerprint density at radius 2 is 0.523 bits per heavy atom. The van der Waals surface area contributed by atoms with Gasteiger partial charge >= 0.3 is 11.9 Å². The molecule has 0 amide bonds. The summed E-state index contributed by atoms with van der Waals surface area (Å²) in [5.74, 6) is -2.24. The molecule has 2 atom stereocenters. The van der Waals surface area contributed by atoms with E-state index in [4.69, 9.17) is 18.9 Å². The second-order valence-corrected chi connectivity index (χ2v) is 28.0. The molecule has 0 rings (SSSR count). The predicted molar refractivity (Wildman–Crippen MR) is 367 cm³/mol. The van der Waals surface area contributed by atoms with Crippen molar-refractivity contribution in [1.82, 2.24) is 0 Å². The summed E-state index contributed by atoms with van der Waals surface area (Å²) in [7, 11) is 5.95. The van der Waals surface area contributed by atoms with Gasteiger partial charge in [0, 0.05) is 12.8 Å². The van der Waals surface area contributed by atoms with E-state index in [0.717, 1.165) is 38.5 Å². The van der Waals surface area contributed by atoms with Crippen molar-refractivity contribution in [2.24, 2.45) is 0 Å². The SMILES string of the molecule is CCCCCCCCCCCCCCCCCCCCCCCCCCCCCCCCCCCCCCCCC(=O)OC(COC(=O)CCCCCCCCCCCCCCCCCCCCCCCCC)COC(OCC[N+](C)(C)C)C(=O)[O-]. The fraction of sp³-hybridized carbons (Fsp3) is 0.961. The number of hydrogen-bond donors (Lipinski definition) is 0. The number of carboxylic acids is 1. The summed E-state index contributed by atoms with van der Waals surface area (Å²) < 4.78 is 22.9. The number of quaternary nitrogens is 1. The van der Waals surface area contributed by atoms with Crippen LogP contribution in [0.2, 0.25) is 0 Å². The lowest BCUT2D eigenvalue weighted by atomic mass is 10.0. The summed E-state index contributed by atoms with van der Waals surface area (Å²) in [5.41, 5.74) is 0. The summed E-state index contributed by atoms with van der Waals surface area (Å²) in [5, 5.41) is 11.8. The molecule has 9 heteroatoms. The third-order valence-electron chi connectivity index (χ3n) is 18.1. The van der Waals surface area contributed by atoms with Crippen LogP contribution in [0.1, 0.15) is 418 Å². The van der Waals surface area contributed by atoms with E-state index in [-0.39, 0.29) is 32.2 Å². The van der Waals surface area contributed by atoms with Gasteiger partial charge in [0.1, 0.15) is 13.2 Å². The van der Waals surface area contributed by atoms with E-state index in [0.29, 0.717) is 17.4 Å². The maximum atomic E-state index is 13.0. The lowest BCUT2D eigenvalue weighted by molar-refractivity contribution is -0.870. The number of ether oxygens (including phenoxy) is 4. The first-order chi connectivity index (χ1) is 42.1. The van der Waals surface area contributed by atoms with Crippen molar-refractivity contribution < 1.29 is 42.9 Å². The molecule has 86 heavy (non-hydrogen) atoms. The number of nitrogens with zero attached hydrogens (tertiary/aromatic N) is 1. The molecule has 0 fully saturated rings. The molecule has 0 spiro atoms. The first kappa shape index (κ1) is 84.3. The van der Waals surface area contributed by atoms with Gasteiger partial charge < -0.3 is 33.3 Å². The second-order valence-electron chi connectivity index (χ2n) is 28.0. The predicted octanol–water partition coefficient (Wildman–Crippen LogP) is 22.9. The third-order valence-corrected chi connectivity index (χ3v) is 18.1. The molecule has 0 saturated heterocycles. The van der Waals surface area contributed by atoms with Gasteiger partial charge in [-0.05, 0) is 12.8 Å². The van der Waals surface area contributed by atoms with Gasteiger partial charge in [0.05, 0.1) is 40.3 Å². The fourth-order valence-electron chi connectivity index (χ4n) is 12.2. The number of unbranched alkanes of at least 4 members (excludes halogenated alkanes) is 59. The van der Waals surface area contributed by atoms with E-state index in [9.17, 15) is 19.5 Å². The lowest BCUT2D eigenvalue weighted by Gasteiger charge is -2.26. The highest BCUT2D eigenvalue weighted by atomic mass is 16.7. The van der Waals surface area contributed by atoms with E-state index < -0.39 is 24.3 Å². The van der Waals surface area contributed by atoms with Crippen LogP contribution < -0.4 is 5.11 Å². The van der Waals surface area contributed by atoms with Crippen LogP contribution in [0.4, 0.5) is 0 Å². The Balaban J connectivity index is 3.93. The summed E-state index contributed by atoms with van der Waals surface area (Å²) in [6.07, 6.45) is 80.9. The van der Waals surface area contributed by atoms with Crippen LogP contribution in [0.3, 0.4) is 0 Å².